The van der Waals surface area contributed by atoms with Gasteiger partial charge in [0.1, 0.15) is 0 Å². The van der Waals surface area contributed by atoms with Gasteiger partial charge in [-0.05, 0) is 18.6 Å². The number of halogens is 1. The Kier molecular flexibility index (Phi) is 6.81. The lowest BCUT2D eigenvalue weighted by molar-refractivity contribution is -0.136. The molecule has 2 N–H and O–H groups in total. The standard InChI is InChI=1S/C14H18ClNO5/c1-3-6-21-13-10(15)7-9(8-11(13)20-2)14(19)16-5-4-12(17)18/h7-8H,3-6H2,1-2H3,(H,16,19)(H,17,18). The lowest BCUT2D eigenvalue weighted by atomic mass is 10.2. The van der Waals surface area contributed by atoms with Crippen LogP contribution in [-0.4, -0.2) is 37.2 Å². The number of benzene rings is 1. The Bertz CT molecular complexity index is 518. The highest BCUT2D eigenvalue weighted by Gasteiger charge is 2.15. The van der Waals surface area contributed by atoms with Gasteiger partial charge in [-0.1, -0.05) is 18.5 Å². The van der Waals surface area contributed by atoms with E-state index in [0.717, 1.165) is 6.42 Å². The predicted octanol–water partition coefficient (Wildman–Crippen LogP) is 2.34. The third kappa shape index (κ3) is 5.15. The molecular weight excluding hydrogens is 298 g/mol. The quantitative estimate of drug-likeness (QED) is 0.769. The molecule has 1 aromatic carbocycles. The smallest absolute Gasteiger partial charge is 0.305 e. The maximum atomic E-state index is 11.9. The highest BCUT2D eigenvalue weighted by atomic mass is 35.5. The molecule has 0 aliphatic rings. The summed E-state index contributed by atoms with van der Waals surface area (Å²) in [5.41, 5.74) is 0.283. The maximum absolute atomic E-state index is 11.9. The zero-order valence-corrected chi connectivity index (χ0v) is 12.7. The second-order valence-corrected chi connectivity index (χ2v) is 4.64. The molecule has 0 aliphatic carbocycles. The van der Waals surface area contributed by atoms with Crippen LogP contribution >= 0.6 is 11.6 Å². The summed E-state index contributed by atoms with van der Waals surface area (Å²) in [7, 11) is 1.45. The molecule has 0 bridgehead atoms. The van der Waals surface area contributed by atoms with Crippen molar-refractivity contribution in [1.82, 2.24) is 5.32 Å². The van der Waals surface area contributed by atoms with Gasteiger partial charge in [-0.2, -0.15) is 0 Å². The second kappa shape index (κ2) is 8.36. The molecule has 6 nitrogen and oxygen atoms in total. The number of methoxy groups -OCH3 is 1. The molecule has 1 amide bonds. The Balaban J connectivity index is 2.86. The first-order chi connectivity index (χ1) is 9.99. The Labute approximate surface area is 128 Å². The fourth-order valence-electron chi connectivity index (χ4n) is 1.58. The number of ether oxygens (including phenoxy) is 2. The molecule has 0 radical (unpaired) electrons. The van der Waals surface area contributed by atoms with Gasteiger partial charge in [-0.15, -0.1) is 0 Å². The van der Waals surface area contributed by atoms with E-state index in [1.807, 2.05) is 6.92 Å². The SMILES string of the molecule is CCCOc1c(Cl)cc(C(=O)NCCC(=O)O)cc1OC. The van der Waals surface area contributed by atoms with E-state index in [-0.39, 0.29) is 23.6 Å². The molecule has 0 aromatic heterocycles. The number of carboxylic acid groups (broad SMARTS) is 1. The molecule has 1 aromatic rings. The summed E-state index contributed by atoms with van der Waals surface area (Å²) in [5, 5.41) is 11.3. The molecule has 0 spiro atoms. The summed E-state index contributed by atoms with van der Waals surface area (Å²) in [6, 6.07) is 2.97. The highest BCUT2D eigenvalue weighted by molar-refractivity contribution is 6.32. The van der Waals surface area contributed by atoms with Crippen LogP contribution in [0.25, 0.3) is 0 Å². The summed E-state index contributed by atoms with van der Waals surface area (Å²) in [6.45, 7) is 2.49. The summed E-state index contributed by atoms with van der Waals surface area (Å²) >= 11 is 6.10. The van der Waals surface area contributed by atoms with Crippen LogP contribution in [0.2, 0.25) is 5.02 Å². The summed E-state index contributed by atoms with van der Waals surface area (Å²) < 4.78 is 10.7. The summed E-state index contributed by atoms with van der Waals surface area (Å²) in [5.74, 6) is -0.643. The number of nitrogens with one attached hydrogen (secondary N) is 1. The average Bonchev–Trinajstić information content (AvgIpc) is 2.44. The van der Waals surface area contributed by atoms with Crippen molar-refractivity contribution in [2.24, 2.45) is 0 Å². The molecule has 7 heteroatoms. The van der Waals surface area contributed by atoms with Crippen LogP contribution in [-0.2, 0) is 4.79 Å². The van der Waals surface area contributed by atoms with E-state index in [0.29, 0.717) is 18.1 Å². The minimum Gasteiger partial charge on any atom is -0.493 e. The van der Waals surface area contributed by atoms with Crippen molar-refractivity contribution in [3.05, 3.63) is 22.7 Å². The molecule has 0 atom stereocenters. The van der Waals surface area contributed by atoms with Crippen molar-refractivity contribution in [3.63, 3.8) is 0 Å². The zero-order valence-electron chi connectivity index (χ0n) is 11.9. The van der Waals surface area contributed by atoms with Crippen molar-refractivity contribution >= 4 is 23.5 Å². The number of carboxylic acids is 1. The first-order valence-corrected chi connectivity index (χ1v) is 6.87. The van der Waals surface area contributed by atoms with Crippen LogP contribution in [0, 0.1) is 0 Å². The van der Waals surface area contributed by atoms with Gasteiger partial charge >= 0.3 is 5.97 Å². The average molecular weight is 316 g/mol. The van der Waals surface area contributed by atoms with E-state index in [4.69, 9.17) is 26.2 Å². The van der Waals surface area contributed by atoms with Gasteiger partial charge in [0, 0.05) is 12.1 Å². The summed E-state index contributed by atoms with van der Waals surface area (Å²) in [4.78, 5) is 22.3. The van der Waals surface area contributed by atoms with Gasteiger partial charge in [-0.3, -0.25) is 9.59 Å². The van der Waals surface area contributed by atoms with Gasteiger partial charge in [0.25, 0.3) is 5.91 Å². The van der Waals surface area contributed by atoms with E-state index in [9.17, 15) is 9.59 Å². The van der Waals surface area contributed by atoms with Crippen molar-refractivity contribution < 1.29 is 24.2 Å². The fraction of sp³-hybridized carbons (Fsp3) is 0.429. The van der Waals surface area contributed by atoms with Crippen LogP contribution in [0.5, 0.6) is 11.5 Å². The van der Waals surface area contributed by atoms with E-state index in [1.54, 1.807) is 0 Å². The number of hydrogen-bond donors (Lipinski definition) is 2. The second-order valence-electron chi connectivity index (χ2n) is 4.24. The number of hydrogen-bond acceptors (Lipinski definition) is 4. The molecule has 0 fully saturated rings. The lowest BCUT2D eigenvalue weighted by Gasteiger charge is -2.13. The monoisotopic (exact) mass is 315 g/mol. The zero-order chi connectivity index (χ0) is 15.8. The number of carbonyl (C=O) groups is 2. The van der Waals surface area contributed by atoms with Crippen molar-refractivity contribution in [1.29, 1.82) is 0 Å². The number of rotatable bonds is 8. The topological polar surface area (TPSA) is 84.9 Å². The van der Waals surface area contributed by atoms with E-state index in [2.05, 4.69) is 5.32 Å². The van der Waals surface area contributed by atoms with Gasteiger partial charge in [0.15, 0.2) is 11.5 Å². The van der Waals surface area contributed by atoms with Gasteiger partial charge in [-0.25, -0.2) is 0 Å². The van der Waals surface area contributed by atoms with Gasteiger partial charge in [0.2, 0.25) is 0 Å². The Morgan fingerprint density at radius 2 is 2.10 bits per heavy atom. The maximum Gasteiger partial charge on any atom is 0.305 e. The minimum absolute atomic E-state index is 0.0438. The third-order valence-corrected chi connectivity index (χ3v) is 2.85. The van der Waals surface area contributed by atoms with Crippen LogP contribution in [0.15, 0.2) is 12.1 Å². The normalized spacial score (nSPS) is 10.0. The van der Waals surface area contributed by atoms with E-state index in [1.165, 1.54) is 19.2 Å². The largest absolute Gasteiger partial charge is 0.493 e. The van der Waals surface area contributed by atoms with Crippen LogP contribution < -0.4 is 14.8 Å². The number of aliphatic carboxylic acids is 1. The summed E-state index contributed by atoms with van der Waals surface area (Å²) in [6.07, 6.45) is 0.672. The molecule has 21 heavy (non-hydrogen) atoms. The fourth-order valence-corrected chi connectivity index (χ4v) is 1.85. The predicted molar refractivity (Wildman–Crippen MR) is 78.4 cm³/mol. The first-order valence-electron chi connectivity index (χ1n) is 6.49. The van der Waals surface area contributed by atoms with Crippen molar-refractivity contribution in [2.75, 3.05) is 20.3 Å². The van der Waals surface area contributed by atoms with Crippen LogP contribution in [0.3, 0.4) is 0 Å². The van der Waals surface area contributed by atoms with Crippen molar-refractivity contribution in [3.8, 4) is 11.5 Å². The first kappa shape index (κ1) is 17.1. The molecule has 0 unspecified atom stereocenters. The molecule has 0 heterocycles. The minimum atomic E-state index is -0.978. The Morgan fingerprint density at radius 3 is 2.67 bits per heavy atom. The Hall–Kier alpha value is -1.95. The number of amides is 1. The molecular formula is C14H18ClNO5. The number of carbonyl (C=O) groups excluding carboxylic acids is 1. The van der Waals surface area contributed by atoms with Crippen molar-refractivity contribution in [2.45, 2.75) is 19.8 Å². The van der Waals surface area contributed by atoms with Gasteiger partial charge in [0.05, 0.1) is 25.2 Å². The highest BCUT2D eigenvalue weighted by Crippen LogP contribution is 2.36. The molecule has 0 aliphatic heterocycles. The van der Waals surface area contributed by atoms with Crippen LogP contribution in [0.4, 0.5) is 0 Å². The lowest BCUT2D eigenvalue weighted by Crippen LogP contribution is -2.26. The van der Waals surface area contributed by atoms with E-state index < -0.39 is 11.9 Å². The Morgan fingerprint density at radius 1 is 1.38 bits per heavy atom. The molecule has 1 rings (SSSR count). The third-order valence-electron chi connectivity index (χ3n) is 2.57. The van der Waals surface area contributed by atoms with E-state index >= 15 is 0 Å². The van der Waals surface area contributed by atoms with Crippen LogP contribution in [0.1, 0.15) is 30.1 Å². The molecule has 0 saturated heterocycles. The molecule has 0 saturated carbocycles. The van der Waals surface area contributed by atoms with Gasteiger partial charge < -0.3 is 19.9 Å². The molecule has 116 valence electrons.